The van der Waals surface area contributed by atoms with Crippen LogP contribution in [-0.2, 0) is 0 Å². The van der Waals surface area contributed by atoms with Crippen molar-refractivity contribution >= 4 is 6.21 Å². The molecule has 2 heteroatoms. The fraction of sp³-hybridized carbons (Fsp3) is 0.562. The van der Waals surface area contributed by atoms with Crippen LogP contribution in [0.3, 0.4) is 0 Å². The number of hydrogen-bond donors (Lipinski definition) is 1. The monoisotopic (exact) mass is 243 g/mol. The lowest BCUT2D eigenvalue weighted by molar-refractivity contribution is 0.308. The summed E-state index contributed by atoms with van der Waals surface area (Å²) >= 11 is 0. The van der Waals surface area contributed by atoms with E-state index in [4.69, 9.17) is 0 Å². The first kappa shape index (κ1) is 11.8. The second kappa shape index (κ2) is 4.42. The van der Waals surface area contributed by atoms with Crippen LogP contribution in [0.15, 0.2) is 23.2 Å². The van der Waals surface area contributed by atoms with Crippen molar-refractivity contribution in [1.82, 2.24) is 0 Å². The summed E-state index contributed by atoms with van der Waals surface area (Å²) in [5.41, 5.74) is 2.50. The fourth-order valence-corrected chi connectivity index (χ4v) is 3.01. The smallest absolute Gasteiger partial charge is 0.127 e. The SMILES string of the molecule is Cc1cccc(C=NC2CCC3(CC2)CC3)c1O. The second-order valence-electron chi connectivity index (χ2n) is 6.02. The number of hydrogen-bond acceptors (Lipinski definition) is 2. The van der Waals surface area contributed by atoms with Crippen LogP contribution in [-0.4, -0.2) is 17.4 Å². The first-order chi connectivity index (χ1) is 8.69. The van der Waals surface area contributed by atoms with Crippen molar-refractivity contribution in [3.63, 3.8) is 0 Å². The maximum absolute atomic E-state index is 9.93. The number of aliphatic imine (C=N–C) groups is 1. The van der Waals surface area contributed by atoms with Gasteiger partial charge >= 0.3 is 0 Å². The predicted octanol–water partition coefficient (Wildman–Crippen LogP) is 3.84. The molecular weight excluding hydrogens is 222 g/mol. The molecule has 0 amide bonds. The summed E-state index contributed by atoms with van der Waals surface area (Å²) < 4.78 is 0. The van der Waals surface area contributed by atoms with E-state index in [1.807, 2.05) is 31.3 Å². The van der Waals surface area contributed by atoms with E-state index in [1.165, 1.54) is 38.5 Å². The highest BCUT2D eigenvalue weighted by molar-refractivity contribution is 5.84. The maximum Gasteiger partial charge on any atom is 0.127 e. The minimum absolute atomic E-state index is 0.371. The van der Waals surface area contributed by atoms with E-state index in [1.54, 1.807) is 0 Å². The standard InChI is InChI=1S/C16H21NO/c1-12-3-2-4-13(15(12)18)11-17-14-5-7-16(8-6-14)9-10-16/h2-4,11,14,18H,5-10H2,1H3. The highest BCUT2D eigenvalue weighted by Crippen LogP contribution is 2.56. The molecule has 96 valence electrons. The molecule has 0 aliphatic heterocycles. The zero-order valence-electron chi connectivity index (χ0n) is 11.0. The van der Waals surface area contributed by atoms with Crippen LogP contribution in [0.1, 0.15) is 49.7 Å². The number of benzene rings is 1. The molecule has 0 heterocycles. The van der Waals surface area contributed by atoms with Crippen molar-refractivity contribution in [3.8, 4) is 5.75 Å². The van der Waals surface area contributed by atoms with Crippen LogP contribution in [0.2, 0.25) is 0 Å². The number of para-hydroxylation sites is 1. The van der Waals surface area contributed by atoms with Gasteiger partial charge in [0, 0.05) is 17.8 Å². The van der Waals surface area contributed by atoms with Crippen LogP contribution in [0.4, 0.5) is 0 Å². The number of phenolic OH excluding ortho intramolecular Hbond substituents is 1. The van der Waals surface area contributed by atoms with Crippen LogP contribution in [0, 0.1) is 12.3 Å². The molecule has 0 radical (unpaired) electrons. The van der Waals surface area contributed by atoms with E-state index in [2.05, 4.69) is 4.99 Å². The zero-order chi connectivity index (χ0) is 12.6. The van der Waals surface area contributed by atoms with Gasteiger partial charge in [0.05, 0.1) is 0 Å². The molecule has 2 aliphatic carbocycles. The number of aryl methyl sites for hydroxylation is 1. The van der Waals surface area contributed by atoms with E-state index in [0.29, 0.717) is 11.8 Å². The molecule has 0 aromatic heterocycles. The van der Waals surface area contributed by atoms with Crippen molar-refractivity contribution < 1.29 is 5.11 Å². The zero-order valence-corrected chi connectivity index (χ0v) is 11.0. The first-order valence-corrected chi connectivity index (χ1v) is 7.00. The average molecular weight is 243 g/mol. The first-order valence-electron chi connectivity index (χ1n) is 7.00. The Kier molecular flexibility index (Phi) is 2.89. The molecule has 2 fully saturated rings. The third-order valence-corrected chi connectivity index (χ3v) is 4.67. The van der Waals surface area contributed by atoms with Crippen LogP contribution in [0.5, 0.6) is 5.75 Å². The van der Waals surface area contributed by atoms with E-state index in [0.717, 1.165) is 16.5 Å². The molecular formula is C16H21NO. The summed E-state index contributed by atoms with van der Waals surface area (Å²) in [6, 6.07) is 6.29. The van der Waals surface area contributed by atoms with E-state index in [9.17, 15) is 5.11 Å². The normalized spacial score (nSPS) is 22.7. The van der Waals surface area contributed by atoms with Crippen molar-refractivity contribution in [1.29, 1.82) is 0 Å². The molecule has 0 bridgehead atoms. The van der Waals surface area contributed by atoms with Crippen molar-refractivity contribution in [2.24, 2.45) is 10.4 Å². The van der Waals surface area contributed by atoms with E-state index < -0.39 is 0 Å². The van der Waals surface area contributed by atoms with Gasteiger partial charge in [0.1, 0.15) is 5.75 Å². The largest absolute Gasteiger partial charge is 0.507 e. The molecule has 2 nitrogen and oxygen atoms in total. The summed E-state index contributed by atoms with van der Waals surface area (Å²) in [4.78, 5) is 4.66. The predicted molar refractivity (Wildman–Crippen MR) is 74.4 cm³/mol. The average Bonchev–Trinajstić information content (AvgIpc) is 3.13. The van der Waals surface area contributed by atoms with Gasteiger partial charge in [-0.15, -0.1) is 0 Å². The van der Waals surface area contributed by atoms with Gasteiger partial charge in [-0.1, -0.05) is 12.1 Å². The Morgan fingerprint density at radius 3 is 2.61 bits per heavy atom. The Balaban J connectivity index is 1.65. The maximum atomic E-state index is 9.93. The van der Waals surface area contributed by atoms with Crippen molar-refractivity contribution in [2.45, 2.75) is 51.5 Å². The Bertz CT molecular complexity index is 464. The third-order valence-electron chi connectivity index (χ3n) is 4.67. The lowest BCUT2D eigenvalue weighted by Crippen LogP contribution is -2.18. The molecule has 1 N–H and O–H groups in total. The molecule has 0 saturated heterocycles. The summed E-state index contributed by atoms with van der Waals surface area (Å²) in [5.74, 6) is 0.371. The number of nitrogens with zero attached hydrogens (tertiary/aromatic N) is 1. The molecule has 2 aliphatic rings. The lowest BCUT2D eigenvalue weighted by atomic mass is 9.84. The molecule has 0 unspecified atom stereocenters. The van der Waals surface area contributed by atoms with E-state index >= 15 is 0 Å². The molecule has 3 rings (SSSR count). The Morgan fingerprint density at radius 1 is 1.22 bits per heavy atom. The number of rotatable bonds is 2. The van der Waals surface area contributed by atoms with Crippen molar-refractivity contribution in [3.05, 3.63) is 29.3 Å². The summed E-state index contributed by atoms with van der Waals surface area (Å²) in [6.07, 6.45) is 9.91. The number of aromatic hydroxyl groups is 1. The van der Waals surface area contributed by atoms with Crippen molar-refractivity contribution in [2.75, 3.05) is 0 Å². The molecule has 1 aromatic rings. The minimum atomic E-state index is 0.371. The molecule has 18 heavy (non-hydrogen) atoms. The quantitative estimate of drug-likeness (QED) is 0.786. The van der Waals surface area contributed by atoms with Gasteiger partial charge in [-0.2, -0.15) is 0 Å². The fourth-order valence-electron chi connectivity index (χ4n) is 3.01. The highest BCUT2D eigenvalue weighted by Gasteiger charge is 2.44. The third kappa shape index (κ3) is 2.29. The van der Waals surface area contributed by atoms with Gasteiger partial charge in [-0.3, -0.25) is 4.99 Å². The molecule has 1 spiro atoms. The Hall–Kier alpha value is -1.31. The summed E-state index contributed by atoms with van der Waals surface area (Å²) in [5, 5.41) is 9.93. The summed E-state index contributed by atoms with van der Waals surface area (Å²) in [7, 11) is 0. The Morgan fingerprint density at radius 2 is 1.94 bits per heavy atom. The van der Waals surface area contributed by atoms with Gasteiger partial charge in [-0.25, -0.2) is 0 Å². The second-order valence-corrected chi connectivity index (χ2v) is 6.02. The highest BCUT2D eigenvalue weighted by atomic mass is 16.3. The van der Waals surface area contributed by atoms with Crippen LogP contribution in [0.25, 0.3) is 0 Å². The van der Waals surface area contributed by atoms with E-state index in [-0.39, 0.29) is 0 Å². The summed E-state index contributed by atoms with van der Waals surface area (Å²) in [6.45, 7) is 1.92. The van der Waals surface area contributed by atoms with Crippen LogP contribution < -0.4 is 0 Å². The number of phenols is 1. The Labute approximate surface area is 109 Å². The topological polar surface area (TPSA) is 32.6 Å². The van der Waals surface area contributed by atoms with Crippen LogP contribution >= 0.6 is 0 Å². The van der Waals surface area contributed by atoms with Gasteiger partial charge in [-0.05, 0) is 62.5 Å². The van der Waals surface area contributed by atoms with Gasteiger partial charge in [0.25, 0.3) is 0 Å². The minimum Gasteiger partial charge on any atom is -0.507 e. The van der Waals surface area contributed by atoms with Gasteiger partial charge in [0.15, 0.2) is 0 Å². The molecule has 0 atom stereocenters. The van der Waals surface area contributed by atoms with Gasteiger partial charge < -0.3 is 5.11 Å². The lowest BCUT2D eigenvalue weighted by Gasteiger charge is -2.25. The molecule has 2 saturated carbocycles. The van der Waals surface area contributed by atoms with Gasteiger partial charge in [0.2, 0.25) is 0 Å². The molecule has 1 aromatic carbocycles.